The quantitative estimate of drug-likeness (QED) is 0.436. The zero-order valence-electron chi connectivity index (χ0n) is 21.9. The average molecular weight is 604 g/mol. The largest absolute Gasteiger partial charge is 0.448 e. The van der Waals surface area contributed by atoms with E-state index in [1.165, 1.54) is 22.9 Å². The Bertz CT molecular complexity index is 1650. The maximum atomic E-state index is 13.3. The number of sulfone groups is 1. The SMILES string of the molecule is CCN(C(=O)CN(C)C(=O)OCC1c2ccccc2-c2ccccc21)[C@H]1CCS(=O)(=O)c2sc(S(N)(=O)=O)cc21. The number of nitrogens with zero attached hydrogens (tertiary/aromatic N) is 2. The summed E-state index contributed by atoms with van der Waals surface area (Å²) in [4.78, 5) is 28.9. The predicted octanol–water partition coefficient (Wildman–Crippen LogP) is 3.34. The molecule has 0 saturated heterocycles. The van der Waals surface area contributed by atoms with Crippen LogP contribution in [0.15, 0.2) is 63.0 Å². The summed E-state index contributed by atoms with van der Waals surface area (Å²) in [6.45, 7) is 1.77. The Morgan fingerprint density at radius 3 is 2.23 bits per heavy atom. The van der Waals surface area contributed by atoms with Gasteiger partial charge in [0.1, 0.15) is 21.6 Å². The number of hydrogen-bond acceptors (Lipinski definition) is 8. The van der Waals surface area contributed by atoms with Crippen LogP contribution in [0.3, 0.4) is 0 Å². The summed E-state index contributed by atoms with van der Waals surface area (Å²) in [7, 11) is -6.36. The molecule has 1 aromatic heterocycles. The lowest BCUT2D eigenvalue weighted by atomic mass is 9.98. The Hall–Kier alpha value is -3.26. The lowest BCUT2D eigenvalue weighted by Crippen LogP contribution is -2.44. The highest BCUT2D eigenvalue weighted by Crippen LogP contribution is 2.45. The highest BCUT2D eigenvalue weighted by Gasteiger charge is 2.39. The maximum Gasteiger partial charge on any atom is 0.409 e. The molecule has 13 heteroatoms. The number of fused-ring (bicyclic) bond motifs is 4. The molecule has 1 aliphatic carbocycles. The molecule has 0 fully saturated rings. The van der Waals surface area contributed by atoms with Gasteiger partial charge in [-0.15, -0.1) is 11.3 Å². The number of hydrogen-bond donors (Lipinski definition) is 1. The second kappa shape index (κ2) is 10.6. The van der Waals surface area contributed by atoms with Crippen LogP contribution in [0.4, 0.5) is 4.79 Å². The van der Waals surface area contributed by atoms with Gasteiger partial charge in [-0.1, -0.05) is 48.5 Å². The molecule has 5 rings (SSSR count). The van der Waals surface area contributed by atoms with Crippen molar-refractivity contribution in [3.05, 3.63) is 71.3 Å². The van der Waals surface area contributed by atoms with Crippen molar-refractivity contribution in [2.75, 3.05) is 32.5 Å². The van der Waals surface area contributed by atoms with E-state index in [0.717, 1.165) is 22.3 Å². The second-order valence-corrected chi connectivity index (χ2v) is 15.0. The van der Waals surface area contributed by atoms with Gasteiger partial charge in [-0.3, -0.25) is 4.79 Å². The standard InChI is InChI=1S/C27H29N3O7S3/c1-3-30(23-12-13-39(33,34)26-21(23)14-25(38-26)40(28,35)36)24(31)15-29(2)27(32)37-16-22-19-10-6-4-8-17(19)18-9-5-7-11-20(18)22/h4-11,14,22-23H,3,12-13,15-16H2,1-2H3,(H2,28,35,36)/t23-/m0/s1. The van der Waals surface area contributed by atoms with Crippen molar-refractivity contribution in [2.45, 2.75) is 33.7 Å². The summed E-state index contributed by atoms with van der Waals surface area (Å²) >= 11 is 0.597. The molecular formula is C27H29N3O7S3. The summed E-state index contributed by atoms with van der Waals surface area (Å²) in [5.41, 5.74) is 4.60. The Kier molecular flexibility index (Phi) is 7.50. The third-order valence-corrected chi connectivity index (χ3v) is 12.3. The number of nitrogens with two attached hydrogens (primary N) is 1. The van der Waals surface area contributed by atoms with Gasteiger partial charge in [-0.25, -0.2) is 26.8 Å². The summed E-state index contributed by atoms with van der Waals surface area (Å²) in [5.74, 6) is -0.778. The van der Waals surface area contributed by atoms with Crippen LogP contribution in [-0.2, 0) is 29.4 Å². The molecule has 2 N–H and O–H groups in total. The van der Waals surface area contributed by atoms with Crippen molar-refractivity contribution in [3.8, 4) is 11.1 Å². The fourth-order valence-electron chi connectivity index (χ4n) is 5.45. The van der Waals surface area contributed by atoms with E-state index in [9.17, 15) is 26.4 Å². The number of likely N-dealkylation sites (N-methyl/N-ethyl adjacent to an activating group) is 2. The summed E-state index contributed by atoms with van der Waals surface area (Å²) < 4.78 is 54.4. The number of ether oxygens (including phenoxy) is 1. The zero-order valence-corrected chi connectivity index (χ0v) is 24.4. The van der Waals surface area contributed by atoms with Crippen LogP contribution in [0.1, 0.15) is 42.0 Å². The first kappa shape index (κ1) is 28.3. The molecule has 2 aromatic carbocycles. The van der Waals surface area contributed by atoms with E-state index >= 15 is 0 Å². The molecule has 2 aliphatic rings. The van der Waals surface area contributed by atoms with Crippen molar-refractivity contribution in [1.82, 2.24) is 9.80 Å². The molecule has 0 bridgehead atoms. The molecule has 0 unspecified atom stereocenters. The molecule has 3 aromatic rings. The first-order valence-electron chi connectivity index (χ1n) is 12.7. The van der Waals surface area contributed by atoms with Crippen molar-refractivity contribution in [2.24, 2.45) is 5.14 Å². The third-order valence-electron chi connectivity index (χ3n) is 7.34. The smallest absolute Gasteiger partial charge is 0.409 e. The van der Waals surface area contributed by atoms with E-state index in [1.54, 1.807) is 6.92 Å². The van der Waals surface area contributed by atoms with Crippen LogP contribution < -0.4 is 5.14 Å². The van der Waals surface area contributed by atoms with Crippen molar-refractivity contribution >= 4 is 43.2 Å². The molecule has 0 radical (unpaired) electrons. The number of primary sulfonamides is 1. The molecule has 10 nitrogen and oxygen atoms in total. The highest BCUT2D eigenvalue weighted by molar-refractivity contribution is 7.95. The van der Waals surface area contributed by atoms with Gasteiger partial charge in [0.05, 0.1) is 11.8 Å². The number of rotatable bonds is 7. The number of amides is 2. The van der Waals surface area contributed by atoms with E-state index in [1.807, 2.05) is 48.5 Å². The van der Waals surface area contributed by atoms with Crippen molar-refractivity contribution < 1.29 is 31.2 Å². The van der Waals surface area contributed by atoms with Gasteiger partial charge >= 0.3 is 6.09 Å². The number of benzene rings is 2. The minimum Gasteiger partial charge on any atom is -0.448 e. The fraction of sp³-hybridized carbons (Fsp3) is 0.333. The Labute approximate surface area is 237 Å². The Morgan fingerprint density at radius 1 is 1.05 bits per heavy atom. The van der Waals surface area contributed by atoms with Crippen LogP contribution in [-0.4, -0.2) is 71.1 Å². The zero-order chi connectivity index (χ0) is 28.8. The first-order chi connectivity index (χ1) is 18.9. The lowest BCUT2D eigenvalue weighted by Gasteiger charge is -2.34. The van der Waals surface area contributed by atoms with Gasteiger partial charge in [-0.2, -0.15) is 0 Å². The van der Waals surface area contributed by atoms with Crippen LogP contribution in [0, 0.1) is 0 Å². The fourth-order valence-corrected chi connectivity index (χ4v) is 9.60. The third kappa shape index (κ3) is 5.14. The number of carbonyl (C=O) groups is 2. The number of carbonyl (C=O) groups excluding carboxylic acids is 2. The molecule has 1 aliphatic heterocycles. The van der Waals surface area contributed by atoms with Crippen molar-refractivity contribution in [1.29, 1.82) is 0 Å². The van der Waals surface area contributed by atoms with Gasteiger partial charge in [-0.05, 0) is 41.7 Å². The molecule has 40 heavy (non-hydrogen) atoms. The highest BCUT2D eigenvalue weighted by atomic mass is 32.3. The molecule has 2 heterocycles. The molecule has 1 atom stereocenters. The second-order valence-electron chi connectivity index (χ2n) is 9.82. The summed E-state index contributed by atoms with van der Waals surface area (Å²) in [6, 6.07) is 16.5. The van der Waals surface area contributed by atoms with Crippen LogP contribution >= 0.6 is 11.3 Å². The lowest BCUT2D eigenvalue weighted by molar-refractivity contribution is -0.134. The molecule has 0 saturated carbocycles. The van der Waals surface area contributed by atoms with Crippen LogP contribution in [0.25, 0.3) is 11.1 Å². The number of sulfonamides is 1. The monoisotopic (exact) mass is 603 g/mol. The van der Waals surface area contributed by atoms with Gasteiger partial charge in [0.15, 0.2) is 9.84 Å². The van der Waals surface area contributed by atoms with Crippen LogP contribution in [0.5, 0.6) is 0 Å². The minimum absolute atomic E-state index is 0.0936. The topological polar surface area (TPSA) is 144 Å². The Morgan fingerprint density at radius 2 is 1.65 bits per heavy atom. The van der Waals surface area contributed by atoms with Crippen molar-refractivity contribution in [3.63, 3.8) is 0 Å². The summed E-state index contributed by atoms with van der Waals surface area (Å²) in [6.07, 6.45) is -0.560. The number of thiophene rings is 1. The minimum atomic E-state index is -4.12. The van der Waals surface area contributed by atoms with E-state index in [2.05, 4.69) is 0 Å². The molecule has 2 amide bonds. The van der Waals surface area contributed by atoms with E-state index < -0.39 is 37.9 Å². The van der Waals surface area contributed by atoms with E-state index in [0.29, 0.717) is 11.3 Å². The van der Waals surface area contributed by atoms with Gasteiger partial charge in [0, 0.05) is 25.1 Å². The first-order valence-corrected chi connectivity index (χ1v) is 16.7. The van der Waals surface area contributed by atoms with E-state index in [4.69, 9.17) is 9.88 Å². The molecular weight excluding hydrogens is 575 g/mol. The van der Waals surface area contributed by atoms with Gasteiger partial charge < -0.3 is 14.5 Å². The molecule has 0 spiro atoms. The van der Waals surface area contributed by atoms with E-state index in [-0.39, 0.29) is 51.8 Å². The normalized spacial score (nSPS) is 17.4. The Balaban J connectivity index is 1.28. The average Bonchev–Trinajstić information content (AvgIpc) is 3.51. The summed E-state index contributed by atoms with van der Waals surface area (Å²) in [5, 5.41) is 5.25. The molecule has 212 valence electrons. The predicted molar refractivity (Wildman–Crippen MR) is 150 cm³/mol. The maximum absolute atomic E-state index is 13.3. The van der Waals surface area contributed by atoms with Crippen LogP contribution in [0.2, 0.25) is 0 Å². The van der Waals surface area contributed by atoms with Gasteiger partial charge in [0.25, 0.3) is 0 Å². The van der Waals surface area contributed by atoms with Gasteiger partial charge in [0.2, 0.25) is 15.9 Å².